The Morgan fingerprint density at radius 2 is 1.94 bits per heavy atom. The molecule has 1 saturated heterocycles. The minimum atomic E-state index is -0.139. The number of rotatable bonds is 4. The predicted octanol–water partition coefficient (Wildman–Crippen LogP) is -0.238. The van der Waals surface area contributed by atoms with Crippen LogP contribution in [0, 0.1) is 5.92 Å². The predicted molar refractivity (Wildman–Crippen MR) is 70.3 cm³/mol. The van der Waals surface area contributed by atoms with Crippen molar-refractivity contribution in [3.8, 4) is 0 Å². The molecule has 0 aromatic carbocycles. The summed E-state index contributed by atoms with van der Waals surface area (Å²) in [5.41, 5.74) is 0. The summed E-state index contributed by atoms with van der Waals surface area (Å²) >= 11 is 0. The van der Waals surface area contributed by atoms with Crippen LogP contribution < -0.4 is 16.0 Å². The molecule has 104 valence electrons. The average molecular weight is 256 g/mol. The third-order valence-corrected chi connectivity index (χ3v) is 3.10. The van der Waals surface area contributed by atoms with Crippen LogP contribution in [-0.2, 0) is 4.79 Å². The lowest BCUT2D eigenvalue weighted by Gasteiger charge is -2.27. The molecule has 1 aliphatic rings. The fourth-order valence-corrected chi connectivity index (χ4v) is 2.03. The molecule has 0 saturated carbocycles. The number of hydrogen-bond acceptors (Lipinski definition) is 3. The lowest BCUT2D eigenvalue weighted by atomic mass is 9.92. The molecule has 3 N–H and O–H groups in total. The van der Waals surface area contributed by atoms with Gasteiger partial charge in [-0.25, -0.2) is 4.79 Å². The minimum Gasteiger partial charge on any atom is -0.354 e. The maximum Gasteiger partial charge on any atom is 0.316 e. The van der Waals surface area contributed by atoms with Crippen LogP contribution in [-0.4, -0.2) is 56.6 Å². The molecule has 1 aliphatic heterocycles. The number of piperidine rings is 1. The molecule has 0 spiro atoms. The molecule has 0 aromatic rings. The van der Waals surface area contributed by atoms with E-state index in [-0.39, 0.29) is 17.9 Å². The van der Waals surface area contributed by atoms with Crippen LogP contribution in [0.1, 0.15) is 19.8 Å². The molecule has 3 amide bonds. The third kappa shape index (κ3) is 4.91. The fraction of sp³-hybridized carbons (Fsp3) is 0.833. The van der Waals surface area contributed by atoms with Gasteiger partial charge < -0.3 is 20.9 Å². The third-order valence-electron chi connectivity index (χ3n) is 3.10. The summed E-state index contributed by atoms with van der Waals surface area (Å²) in [5.74, 6) is 0.202. The summed E-state index contributed by atoms with van der Waals surface area (Å²) in [6, 6.07) is 0.266. The normalized spacial score (nSPS) is 23.3. The summed E-state index contributed by atoms with van der Waals surface area (Å²) in [6.45, 7) is 3.94. The van der Waals surface area contributed by atoms with Crippen molar-refractivity contribution < 1.29 is 9.59 Å². The van der Waals surface area contributed by atoms with Gasteiger partial charge in [0.2, 0.25) is 5.91 Å². The molecule has 0 bridgehead atoms. The van der Waals surface area contributed by atoms with E-state index in [0.29, 0.717) is 19.1 Å². The SMILES string of the molecule is CC1CC(C(=O)NCCNC(=O)N(C)C)CCN1. The first kappa shape index (κ1) is 14.8. The van der Waals surface area contributed by atoms with E-state index in [1.807, 2.05) is 0 Å². The standard InChI is InChI=1S/C12H24N4O2/c1-9-8-10(4-5-13-9)11(17)14-6-7-15-12(18)16(2)3/h9-10,13H,4-8H2,1-3H3,(H,14,17)(H,15,18). The molecule has 6 heteroatoms. The van der Waals surface area contributed by atoms with Gasteiger partial charge in [0.25, 0.3) is 0 Å². The maximum atomic E-state index is 11.9. The number of hydrogen-bond donors (Lipinski definition) is 3. The van der Waals surface area contributed by atoms with Gasteiger partial charge in [0.15, 0.2) is 0 Å². The lowest BCUT2D eigenvalue weighted by Crippen LogP contribution is -2.44. The second-order valence-electron chi connectivity index (χ2n) is 4.99. The zero-order chi connectivity index (χ0) is 13.5. The van der Waals surface area contributed by atoms with E-state index in [1.165, 1.54) is 4.90 Å². The second-order valence-corrected chi connectivity index (χ2v) is 4.99. The molecule has 1 rings (SSSR count). The van der Waals surface area contributed by atoms with E-state index in [9.17, 15) is 9.59 Å². The molecule has 2 atom stereocenters. The molecule has 2 unspecified atom stereocenters. The van der Waals surface area contributed by atoms with Crippen LogP contribution in [0.2, 0.25) is 0 Å². The Kier molecular flexibility index (Phi) is 5.91. The highest BCUT2D eigenvalue weighted by molar-refractivity contribution is 5.79. The Morgan fingerprint density at radius 1 is 1.28 bits per heavy atom. The molecule has 1 heterocycles. The van der Waals surface area contributed by atoms with Crippen molar-refractivity contribution in [3.63, 3.8) is 0 Å². The number of nitrogens with one attached hydrogen (secondary N) is 3. The van der Waals surface area contributed by atoms with Crippen LogP contribution in [0.4, 0.5) is 4.79 Å². The van der Waals surface area contributed by atoms with Gasteiger partial charge in [-0.1, -0.05) is 0 Å². The Bertz CT molecular complexity index is 294. The van der Waals surface area contributed by atoms with E-state index < -0.39 is 0 Å². The molecule has 1 fully saturated rings. The van der Waals surface area contributed by atoms with E-state index in [1.54, 1.807) is 14.1 Å². The first-order chi connectivity index (χ1) is 8.50. The van der Waals surface area contributed by atoms with Gasteiger partial charge in [0.05, 0.1) is 0 Å². The Hall–Kier alpha value is -1.30. The number of carbonyl (C=O) groups is 2. The van der Waals surface area contributed by atoms with Gasteiger partial charge in [0, 0.05) is 39.1 Å². The van der Waals surface area contributed by atoms with Crippen molar-refractivity contribution >= 4 is 11.9 Å². The van der Waals surface area contributed by atoms with Crippen molar-refractivity contribution in [2.24, 2.45) is 5.92 Å². The molecule has 18 heavy (non-hydrogen) atoms. The van der Waals surface area contributed by atoms with Gasteiger partial charge in [-0.2, -0.15) is 0 Å². The highest BCUT2D eigenvalue weighted by Crippen LogP contribution is 2.15. The smallest absolute Gasteiger partial charge is 0.316 e. The average Bonchev–Trinajstić information content (AvgIpc) is 2.33. The summed E-state index contributed by atoms with van der Waals surface area (Å²) < 4.78 is 0. The fourth-order valence-electron chi connectivity index (χ4n) is 2.03. The van der Waals surface area contributed by atoms with Gasteiger partial charge in [0.1, 0.15) is 0 Å². The monoisotopic (exact) mass is 256 g/mol. The molecule has 0 aromatic heterocycles. The van der Waals surface area contributed by atoms with Crippen molar-refractivity contribution in [1.82, 2.24) is 20.9 Å². The molecule has 0 aliphatic carbocycles. The molecule has 6 nitrogen and oxygen atoms in total. The Balaban J connectivity index is 2.15. The van der Waals surface area contributed by atoms with Gasteiger partial charge in [-0.15, -0.1) is 0 Å². The highest BCUT2D eigenvalue weighted by Gasteiger charge is 2.24. The van der Waals surface area contributed by atoms with E-state index in [2.05, 4.69) is 22.9 Å². The Labute approximate surface area is 108 Å². The largest absolute Gasteiger partial charge is 0.354 e. The van der Waals surface area contributed by atoms with Crippen molar-refractivity contribution in [2.45, 2.75) is 25.8 Å². The molecular weight excluding hydrogens is 232 g/mol. The van der Waals surface area contributed by atoms with Crippen molar-refractivity contribution in [2.75, 3.05) is 33.7 Å². The van der Waals surface area contributed by atoms with Crippen molar-refractivity contribution in [1.29, 1.82) is 0 Å². The van der Waals surface area contributed by atoms with Crippen LogP contribution in [0.25, 0.3) is 0 Å². The lowest BCUT2D eigenvalue weighted by molar-refractivity contribution is -0.126. The zero-order valence-corrected chi connectivity index (χ0v) is 11.5. The highest BCUT2D eigenvalue weighted by atomic mass is 16.2. The van der Waals surface area contributed by atoms with E-state index in [4.69, 9.17) is 0 Å². The van der Waals surface area contributed by atoms with Crippen molar-refractivity contribution in [3.05, 3.63) is 0 Å². The van der Waals surface area contributed by atoms with Gasteiger partial charge in [-0.3, -0.25) is 4.79 Å². The number of carbonyl (C=O) groups excluding carboxylic acids is 2. The van der Waals surface area contributed by atoms with Crippen LogP contribution in [0.3, 0.4) is 0 Å². The molecular formula is C12H24N4O2. The first-order valence-corrected chi connectivity index (χ1v) is 6.47. The number of nitrogens with zero attached hydrogens (tertiary/aromatic N) is 1. The quantitative estimate of drug-likeness (QED) is 0.608. The zero-order valence-electron chi connectivity index (χ0n) is 11.5. The topological polar surface area (TPSA) is 73.5 Å². The number of amides is 3. The summed E-state index contributed by atoms with van der Waals surface area (Å²) in [4.78, 5) is 24.6. The van der Waals surface area contributed by atoms with Crippen LogP contribution in [0.5, 0.6) is 0 Å². The van der Waals surface area contributed by atoms with Crippen LogP contribution in [0.15, 0.2) is 0 Å². The maximum absolute atomic E-state index is 11.9. The summed E-state index contributed by atoms with van der Waals surface area (Å²) in [7, 11) is 3.37. The number of urea groups is 1. The molecule has 0 radical (unpaired) electrons. The first-order valence-electron chi connectivity index (χ1n) is 6.47. The minimum absolute atomic E-state index is 0.0995. The van der Waals surface area contributed by atoms with E-state index in [0.717, 1.165) is 19.4 Å². The van der Waals surface area contributed by atoms with Gasteiger partial charge >= 0.3 is 6.03 Å². The summed E-state index contributed by atoms with van der Waals surface area (Å²) in [5, 5.41) is 8.90. The van der Waals surface area contributed by atoms with E-state index >= 15 is 0 Å². The second kappa shape index (κ2) is 7.20. The Morgan fingerprint density at radius 3 is 2.56 bits per heavy atom. The van der Waals surface area contributed by atoms with Crippen LogP contribution >= 0.6 is 0 Å². The summed E-state index contributed by atoms with van der Waals surface area (Å²) in [6.07, 6.45) is 1.77. The van der Waals surface area contributed by atoms with Gasteiger partial charge in [-0.05, 0) is 26.3 Å².